The van der Waals surface area contributed by atoms with E-state index in [2.05, 4.69) is 18.8 Å². The fraction of sp³-hybridized carbons (Fsp3) is 0.444. The number of hydrogen-bond donors (Lipinski definition) is 0. The van der Waals surface area contributed by atoms with Crippen LogP contribution in [0.5, 0.6) is 5.75 Å². The first-order chi connectivity index (χ1) is 17.0. The Hall–Kier alpha value is -3.04. The van der Waals surface area contributed by atoms with E-state index >= 15 is 0 Å². The van der Waals surface area contributed by atoms with E-state index in [4.69, 9.17) is 4.74 Å². The molecular formula is C27H31N3O5S. The molecule has 2 aromatic carbocycles. The third-order valence-electron chi connectivity index (χ3n) is 7.15. The van der Waals surface area contributed by atoms with Crippen molar-refractivity contribution in [3.05, 3.63) is 53.1 Å². The van der Waals surface area contributed by atoms with E-state index in [1.807, 2.05) is 11.8 Å². The molecule has 8 nitrogen and oxygen atoms in total. The number of aryl methyl sites for hydroxylation is 1. The number of nitrogens with zero attached hydrogens (tertiary/aromatic N) is 3. The maximum atomic E-state index is 13.6. The first kappa shape index (κ1) is 24.6. The highest BCUT2D eigenvalue weighted by atomic mass is 32.2. The maximum absolute atomic E-state index is 13.6. The summed E-state index contributed by atoms with van der Waals surface area (Å²) in [5, 5.41) is 0. The molecule has 0 aliphatic carbocycles. The Morgan fingerprint density at radius 1 is 1.19 bits per heavy atom. The molecule has 0 aromatic heterocycles. The summed E-state index contributed by atoms with van der Waals surface area (Å²) in [5.74, 6) is 0.797. The summed E-state index contributed by atoms with van der Waals surface area (Å²) in [6, 6.07) is 9.75. The highest BCUT2D eigenvalue weighted by Gasteiger charge is 2.42. The van der Waals surface area contributed by atoms with E-state index in [0.717, 1.165) is 17.7 Å². The van der Waals surface area contributed by atoms with Crippen molar-refractivity contribution in [2.45, 2.75) is 51.5 Å². The van der Waals surface area contributed by atoms with E-state index in [9.17, 15) is 18.0 Å². The Morgan fingerprint density at radius 3 is 2.69 bits per heavy atom. The molecule has 3 heterocycles. The molecular weight excluding hydrogens is 478 g/mol. The molecule has 5 rings (SSSR count). The second kappa shape index (κ2) is 8.81. The van der Waals surface area contributed by atoms with Gasteiger partial charge < -0.3 is 9.64 Å². The van der Waals surface area contributed by atoms with Crippen molar-refractivity contribution < 1.29 is 22.7 Å². The predicted octanol–water partition coefficient (Wildman–Crippen LogP) is 3.87. The van der Waals surface area contributed by atoms with Gasteiger partial charge in [-0.15, -0.1) is 0 Å². The van der Waals surface area contributed by atoms with Crippen molar-refractivity contribution in [1.82, 2.24) is 4.31 Å². The molecule has 0 amide bonds. The number of ketones is 2. The number of anilines is 1. The van der Waals surface area contributed by atoms with E-state index in [1.165, 1.54) is 17.3 Å². The van der Waals surface area contributed by atoms with E-state index in [1.54, 1.807) is 30.3 Å². The van der Waals surface area contributed by atoms with Gasteiger partial charge in [-0.05, 0) is 68.7 Å². The average molecular weight is 510 g/mol. The minimum atomic E-state index is -3.82. The fourth-order valence-corrected chi connectivity index (χ4v) is 6.88. The molecule has 0 N–H and O–H groups in total. The molecule has 0 saturated carbocycles. The molecule has 0 bridgehead atoms. The minimum absolute atomic E-state index is 0.0163. The zero-order chi connectivity index (χ0) is 25.8. The van der Waals surface area contributed by atoms with Gasteiger partial charge in [0, 0.05) is 30.6 Å². The number of hydrogen-bond acceptors (Lipinski definition) is 7. The zero-order valence-corrected chi connectivity index (χ0v) is 21.9. The molecule has 0 unspecified atom stereocenters. The highest BCUT2D eigenvalue weighted by molar-refractivity contribution is 7.89. The molecule has 9 heteroatoms. The summed E-state index contributed by atoms with van der Waals surface area (Å²) in [7, 11) is -3.82. The third-order valence-corrected chi connectivity index (χ3v) is 9.10. The lowest BCUT2D eigenvalue weighted by molar-refractivity contribution is 0.101. The number of amidine groups is 1. The lowest BCUT2D eigenvalue weighted by Gasteiger charge is -2.34. The van der Waals surface area contributed by atoms with Gasteiger partial charge in [0.25, 0.3) is 0 Å². The van der Waals surface area contributed by atoms with Gasteiger partial charge in [0.1, 0.15) is 12.4 Å². The number of ether oxygens (including phenoxy) is 1. The van der Waals surface area contributed by atoms with Crippen LogP contribution >= 0.6 is 0 Å². The highest BCUT2D eigenvalue weighted by Crippen LogP contribution is 2.38. The number of Topliss-reactive ketones (excluding diaryl/α,β-unsaturated/α-hetero) is 2. The van der Waals surface area contributed by atoms with Crippen LogP contribution in [0.4, 0.5) is 5.69 Å². The maximum Gasteiger partial charge on any atom is 0.243 e. The van der Waals surface area contributed by atoms with Gasteiger partial charge in [-0.25, -0.2) is 8.42 Å². The Morgan fingerprint density at radius 2 is 1.97 bits per heavy atom. The third kappa shape index (κ3) is 4.24. The Bertz CT molecular complexity index is 1400. The quantitative estimate of drug-likeness (QED) is 0.549. The summed E-state index contributed by atoms with van der Waals surface area (Å²) < 4.78 is 34.8. The predicted molar refractivity (Wildman–Crippen MR) is 138 cm³/mol. The van der Waals surface area contributed by atoms with Crippen molar-refractivity contribution in [3.8, 4) is 5.75 Å². The van der Waals surface area contributed by atoms with E-state index in [-0.39, 0.29) is 34.5 Å². The van der Waals surface area contributed by atoms with Crippen LogP contribution in [0.2, 0.25) is 0 Å². The monoisotopic (exact) mass is 509 g/mol. The molecule has 1 saturated heterocycles. The Balaban J connectivity index is 1.36. The lowest BCUT2D eigenvalue weighted by Crippen LogP contribution is -2.44. The first-order valence-electron chi connectivity index (χ1n) is 12.2. The van der Waals surface area contributed by atoms with Crippen molar-refractivity contribution in [2.24, 2.45) is 10.4 Å². The lowest BCUT2D eigenvalue weighted by atomic mass is 9.91. The van der Waals surface area contributed by atoms with E-state index in [0.29, 0.717) is 48.8 Å². The molecule has 0 spiro atoms. The second-order valence-corrected chi connectivity index (χ2v) is 12.5. The smallest absolute Gasteiger partial charge is 0.243 e. The summed E-state index contributed by atoms with van der Waals surface area (Å²) >= 11 is 0. The van der Waals surface area contributed by atoms with Crippen LogP contribution in [0.1, 0.15) is 59.9 Å². The van der Waals surface area contributed by atoms with Crippen molar-refractivity contribution >= 4 is 33.1 Å². The number of benzene rings is 2. The number of sulfonamides is 1. The molecule has 1 atom stereocenters. The average Bonchev–Trinajstić information content (AvgIpc) is 3.40. The SMILES string of the molecule is CC(=O)c1ccc(OC[C@@H]2CCCN2S(=O)(=O)c2ccc3c(c2)C(=O)C2=NCC(C)(C)CN23)c(C)c1. The van der Waals surface area contributed by atoms with Gasteiger partial charge in [-0.2, -0.15) is 4.31 Å². The molecule has 1 fully saturated rings. The van der Waals surface area contributed by atoms with Crippen LogP contribution in [0, 0.1) is 12.3 Å². The van der Waals surface area contributed by atoms with Crippen molar-refractivity contribution in [2.75, 3.05) is 31.1 Å². The van der Waals surface area contributed by atoms with Crippen LogP contribution in [0.3, 0.4) is 0 Å². The van der Waals surface area contributed by atoms with Crippen LogP contribution in [-0.4, -0.2) is 62.4 Å². The Kier molecular flexibility index (Phi) is 6.03. The van der Waals surface area contributed by atoms with Crippen molar-refractivity contribution in [1.29, 1.82) is 0 Å². The molecule has 3 aliphatic heterocycles. The zero-order valence-electron chi connectivity index (χ0n) is 21.1. The van der Waals surface area contributed by atoms with Crippen LogP contribution in [-0.2, 0) is 10.0 Å². The number of fused-ring (bicyclic) bond motifs is 3. The number of aliphatic imine (C=N–C) groups is 1. The van der Waals surface area contributed by atoms with Gasteiger partial charge in [-0.3, -0.25) is 14.6 Å². The standard InChI is InChI=1S/C27H31N3O5S/c1-17-12-19(18(2)31)7-10-24(17)35-14-20-6-5-11-30(20)36(33,34)21-8-9-23-22(13-21)25(32)26-28-15-27(3,4)16-29(23)26/h7-10,12-13,20H,5-6,11,14-16H2,1-4H3/t20-/m0/s1. The summed E-state index contributed by atoms with van der Waals surface area (Å²) in [6.45, 7) is 9.42. The minimum Gasteiger partial charge on any atom is -0.492 e. The molecule has 3 aliphatic rings. The van der Waals surface area contributed by atoms with Gasteiger partial charge in [0.2, 0.25) is 15.8 Å². The van der Waals surface area contributed by atoms with Gasteiger partial charge >= 0.3 is 0 Å². The van der Waals surface area contributed by atoms with E-state index < -0.39 is 10.0 Å². The van der Waals surface area contributed by atoms with Crippen molar-refractivity contribution in [3.63, 3.8) is 0 Å². The van der Waals surface area contributed by atoms with Gasteiger partial charge in [-0.1, -0.05) is 13.8 Å². The number of carbonyl (C=O) groups excluding carboxylic acids is 2. The molecule has 190 valence electrons. The topological polar surface area (TPSA) is 96.3 Å². The molecule has 0 radical (unpaired) electrons. The second-order valence-electron chi connectivity index (χ2n) is 10.7. The van der Waals surface area contributed by atoms with Crippen LogP contribution in [0.15, 0.2) is 46.3 Å². The van der Waals surface area contributed by atoms with Gasteiger partial charge in [0.05, 0.1) is 22.2 Å². The van der Waals surface area contributed by atoms with Crippen LogP contribution < -0.4 is 9.64 Å². The summed E-state index contributed by atoms with van der Waals surface area (Å²) in [6.07, 6.45) is 1.42. The van der Waals surface area contributed by atoms with Gasteiger partial charge in [0.15, 0.2) is 11.6 Å². The summed E-state index contributed by atoms with van der Waals surface area (Å²) in [4.78, 5) is 31.2. The number of rotatable bonds is 6. The fourth-order valence-electron chi connectivity index (χ4n) is 5.18. The normalized spacial score (nSPS) is 21.2. The first-order valence-corrected chi connectivity index (χ1v) is 13.7. The molecule has 36 heavy (non-hydrogen) atoms. The molecule has 2 aromatic rings. The number of carbonyl (C=O) groups is 2. The largest absolute Gasteiger partial charge is 0.492 e. The Labute approximate surface area is 212 Å². The van der Waals surface area contributed by atoms with Crippen LogP contribution in [0.25, 0.3) is 0 Å². The summed E-state index contributed by atoms with van der Waals surface area (Å²) in [5.41, 5.74) is 2.48.